The Hall–Kier alpha value is -3.07. The van der Waals surface area contributed by atoms with Crippen LogP contribution in [0.15, 0.2) is 66.2 Å². The second kappa shape index (κ2) is 6.52. The molecule has 1 aliphatic heterocycles. The number of ether oxygens (including phenoxy) is 1. The summed E-state index contributed by atoms with van der Waals surface area (Å²) in [7, 11) is 1.67. The zero-order valence-electron chi connectivity index (χ0n) is 16.2. The van der Waals surface area contributed by atoms with E-state index >= 15 is 0 Å². The van der Waals surface area contributed by atoms with Gasteiger partial charge in [-0.15, -0.1) is 0 Å². The first kappa shape index (κ1) is 17.1. The summed E-state index contributed by atoms with van der Waals surface area (Å²) in [5.74, 6) is 1.46. The van der Waals surface area contributed by atoms with Gasteiger partial charge in [-0.3, -0.25) is 4.79 Å². The number of allylic oxidation sites excluding steroid dienone is 1. The number of ketones is 1. The Labute approximate surface area is 165 Å². The fourth-order valence-corrected chi connectivity index (χ4v) is 4.69. The van der Waals surface area contributed by atoms with Crippen LogP contribution in [0.25, 0.3) is 16.3 Å². The third kappa shape index (κ3) is 2.62. The monoisotopic (exact) mass is 369 g/mol. The number of fused-ring (bicyclic) bond motifs is 4. The molecule has 3 aromatic carbocycles. The first-order valence-corrected chi connectivity index (χ1v) is 9.84. The average molecular weight is 369 g/mol. The van der Waals surface area contributed by atoms with Gasteiger partial charge in [0.1, 0.15) is 5.75 Å². The van der Waals surface area contributed by atoms with E-state index in [4.69, 9.17) is 4.74 Å². The Morgan fingerprint density at radius 3 is 2.54 bits per heavy atom. The molecule has 2 unspecified atom stereocenters. The minimum Gasteiger partial charge on any atom is -0.497 e. The zero-order chi connectivity index (χ0) is 19.3. The predicted octanol–water partition coefficient (Wildman–Crippen LogP) is 5.77. The van der Waals surface area contributed by atoms with Gasteiger partial charge in [0.2, 0.25) is 0 Å². The molecule has 140 valence electrons. The van der Waals surface area contributed by atoms with Crippen molar-refractivity contribution in [2.45, 2.75) is 25.8 Å². The highest BCUT2D eigenvalue weighted by Crippen LogP contribution is 2.49. The average Bonchev–Trinajstić information content (AvgIpc) is 2.72. The molecule has 1 heterocycles. The molecule has 0 saturated carbocycles. The quantitative estimate of drug-likeness (QED) is 0.623. The summed E-state index contributed by atoms with van der Waals surface area (Å²) in [6.45, 7) is 2.18. The van der Waals surface area contributed by atoms with Gasteiger partial charge in [0.25, 0.3) is 0 Å². The van der Waals surface area contributed by atoms with Crippen molar-refractivity contribution in [2.24, 2.45) is 5.92 Å². The summed E-state index contributed by atoms with van der Waals surface area (Å²) >= 11 is 0. The largest absolute Gasteiger partial charge is 0.497 e. The fourth-order valence-electron chi connectivity index (χ4n) is 4.69. The molecule has 28 heavy (non-hydrogen) atoms. The van der Waals surface area contributed by atoms with Crippen molar-refractivity contribution in [1.29, 1.82) is 0 Å². The van der Waals surface area contributed by atoms with Crippen LogP contribution in [0.4, 0.5) is 5.69 Å². The van der Waals surface area contributed by atoms with Gasteiger partial charge in [0.15, 0.2) is 5.78 Å². The molecular weight excluding hydrogens is 346 g/mol. The number of benzene rings is 3. The van der Waals surface area contributed by atoms with E-state index in [0.29, 0.717) is 12.3 Å². The van der Waals surface area contributed by atoms with Gasteiger partial charge in [-0.2, -0.15) is 0 Å². The highest BCUT2D eigenvalue weighted by atomic mass is 16.5. The summed E-state index contributed by atoms with van der Waals surface area (Å²) in [4.78, 5) is 13.2. The zero-order valence-corrected chi connectivity index (χ0v) is 16.2. The van der Waals surface area contributed by atoms with Gasteiger partial charge in [0, 0.05) is 23.2 Å². The van der Waals surface area contributed by atoms with Crippen molar-refractivity contribution in [3.05, 3.63) is 77.4 Å². The normalized spacial score (nSPS) is 21.1. The number of hydrogen-bond acceptors (Lipinski definition) is 3. The second-order valence-electron chi connectivity index (χ2n) is 7.89. The molecule has 1 N–H and O–H groups in total. The summed E-state index contributed by atoms with van der Waals surface area (Å²) in [6.07, 6.45) is 1.56. The maximum absolute atomic E-state index is 13.2. The molecule has 0 amide bonds. The standard InChI is InChI=1S/C25H23NO2/c1-15-13-20-23-19-6-4-3-5-16(19)9-12-21(23)26-25(24(20)22(27)14-15)17-7-10-18(28-2)11-8-17/h3-12,15,25-26H,13-14H2,1-2H3. The van der Waals surface area contributed by atoms with Crippen molar-refractivity contribution < 1.29 is 9.53 Å². The van der Waals surface area contributed by atoms with Gasteiger partial charge < -0.3 is 10.1 Å². The Morgan fingerprint density at radius 2 is 1.75 bits per heavy atom. The van der Waals surface area contributed by atoms with Crippen LogP contribution in [0.1, 0.15) is 36.9 Å². The lowest BCUT2D eigenvalue weighted by Crippen LogP contribution is -2.29. The number of rotatable bonds is 2. The topological polar surface area (TPSA) is 38.3 Å². The highest BCUT2D eigenvalue weighted by Gasteiger charge is 2.36. The lowest BCUT2D eigenvalue weighted by molar-refractivity contribution is -0.116. The molecule has 1 aliphatic carbocycles. The van der Waals surface area contributed by atoms with E-state index in [-0.39, 0.29) is 11.8 Å². The van der Waals surface area contributed by atoms with Crippen molar-refractivity contribution >= 4 is 27.8 Å². The molecular formula is C25H23NO2. The van der Waals surface area contributed by atoms with Gasteiger partial charge in [0.05, 0.1) is 13.2 Å². The Bertz CT molecular complexity index is 1110. The van der Waals surface area contributed by atoms with E-state index in [2.05, 4.69) is 60.8 Å². The first-order valence-electron chi connectivity index (χ1n) is 9.84. The number of hydrogen-bond donors (Lipinski definition) is 1. The van der Waals surface area contributed by atoms with Crippen LogP contribution >= 0.6 is 0 Å². The minimum absolute atomic E-state index is 0.116. The smallest absolute Gasteiger partial charge is 0.161 e. The van der Waals surface area contributed by atoms with Crippen molar-refractivity contribution in [2.75, 3.05) is 12.4 Å². The molecule has 3 heteroatoms. The summed E-state index contributed by atoms with van der Waals surface area (Å²) in [5.41, 5.74) is 5.56. The highest BCUT2D eigenvalue weighted by molar-refractivity contribution is 6.12. The molecule has 2 aliphatic rings. The molecule has 3 aromatic rings. The maximum atomic E-state index is 13.2. The Morgan fingerprint density at radius 1 is 0.964 bits per heavy atom. The maximum Gasteiger partial charge on any atom is 0.161 e. The summed E-state index contributed by atoms with van der Waals surface area (Å²) < 4.78 is 5.30. The molecule has 0 aromatic heterocycles. The molecule has 0 bridgehead atoms. The van der Waals surface area contributed by atoms with E-state index in [9.17, 15) is 4.79 Å². The number of Topliss-reactive ketones (excluding diaryl/α,β-unsaturated/α-hetero) is 1. The van der Waals surface area contributed by atoms with Gasteiger partial charge in [-0.25, -0.2) is 0 Å². The summed E-state index contributed by atoms with van der Waals surface area (Å²) in [6, 6.07) is 20.7. The fraction of sp³-hybridized carbons (Fsp3) is 0.240. The number of carbonyl (C=O) groups is 1. The molecule has 0 spiro atoms. The van der Waals surface area contributed by atoms with E-state index in [1.54, 1.807) is 7.11 Å². The number of anilines is 1. The minimum atomic E-state index is -0.116. The molecule has 5 rings (SSSR count). The van der Waals surface area contributed by atoms with Crippen LogP contribution in [0.3, 0.4) is 0 Å². The van der Waals surface area contributed by atoms with Crippen LogP contribution in [-0.4, -0.2) is 12.9 Å². The lowest BCUT2D eigenvalue weighted by atomic mass is 9.74. The van der Waals surface area contributed by atoms with E-state index in [1.807, 2.05) is 12.1 Å². The van der Waals surface area contributed by atoms with Crippen molar-refractivity contribution in [3.8, 4) is 5.75 Å². The molecule has 0 fully saturated rings. The van der Waals surface area contributed by atoms with Crippen LogP contribution in [-0.2, 0) is 4.79 Å². The Balaban J connectivity index is 1.74. The SMILES string of the molecule is COc1ccc(C2Nc3ccc4ccccc4c3C3=C2C(=O)CC(C)C3)cc1. The van der Waals surface area contributed by atoms with Gasteiger partial charge in [-0.05, 0) is 52.4 Å². The van der Waals surface area contributed by atoms with Crippen LogP contribution in [0.5, 0.6) is 5.75 Å². The first-order chi connectivity index (χ1) is 13.7. The predicted molar refractivity (Wildman–Crippen MR) is 114 cm³/mol. The molecule has 2 atom stereocenters. The summed E-state index contributed by atoms with van der Waals surface area (Å²) in [5, 5.41) is 6.10. The van der Waals surface area contributed by atoms with Gasteiger partial charge in [-0.1, -0.05) is 49.4 Å². The Kier molecular flexibility index (Phi) is 3.97. The number of methoxy groups -OCH3 is 1. The van der Waals surface area contributed by atoms with Crippen LogP contribution in [0.2, 0.25) is 0 Å². The van der Waals surface area contributed by atoms with E-state index in [0.717, 1.165) is 29.0 Å². The van der Waals surface area contributed by atoms with Crippen molar-refractivity contribution in [3.63, 3.8) is 0 Å². The third-order valence-electron chi connectivity index (χ3n) is 5.98. The van der Waals surface area contributed by atoms with E-state index in [1.165, 1.54) is 21.9 Å². The second-order valence-corrected chi connectivity index (χ2v) is 7.89. The molecule has 0 radical (unpaired) electrons. The van der Waals surface area contributed by atoms with E-state index < -0.39 is 0 Å². The number of nitrogens with one attached hydrogen (secondary N) is 1. The molecule has 3 nitrogen and oxygen atoms in total. The number of carbonyl (C=O) groups excluding carboxylic acids is 1. The van der Waals surface area contributed by atoms with Crippen LogP contribution in [0, 0.1) is 5.92 Å². The third-order valence-corrected chi connectivity index (χ3v) is 5.98. The molecule has 0 saturated heterocycles. The lowest BCUT2D eigenvalue weighted by Gasteiger charge is -2.36. The van der Waals surface area contributed by atoms with Crippen LogP contribution < -0.4 is 10.1 Å². The van der Waals surface area contributed by atoms with Gasteiger partial charge >= 0.3 is 0 Å². The van der Waals surface area contributed by atoms with Crippen molar-refractivity contribution in [1.82, 2.24) is 0 Å².